The lowest BCUT2D eigenvalue weighted by molar-refractivity contribution is 0.575. The first-order chi connectivity index (χ1) is 8.24. The zero-order valence-electron chi connectivity index (χ0n) is 10.8. The number of nitrogens with one attached hydrogen (secondary N) is 1. The van der Waals surface area contributed by atoms with Gasteiger partial charge in [0.15, 0.2) is 0 Å². The van der Waals surface area contributed by atoms with Crippen LogP contribution in [0.25, 0.3) is 5.57 Å². The zero-order chi connectivity index (χ0) is 12.3. The Morgan fingerprint density at radius 3 is 2.53 bits per heavy atom. The number of benzene rings is 1. The van der Waals surface area contributed by atoms with Gasteiger partial charge in [-0.2, -0.15) is 0 Å². The maximum atomic E-state index is 4.59. The van der Waals surface area contributed by atoms with Gasteiger partial charge in [-0.25, -0.2) is 0 Å². The van der Waals surface area contributed by atoms with Crippen LogP contribution in [0.2, 0.25) is 0 Å². The molecule has 0 spiro atoms. The Kier molecular flexibility index (Phi) is 3.62. The second-order valence-electron chi connectivity index (χ2n) is 4.72. The molecule has 0 radical (unpaired) electrons. The lowest BCUT2D eigenvalue weighted by Crippen LogP contribution is -2.27. The molecule has 17 heavy (non-hydrogen) atoms. The molecule has 0 bridgehead atoms. The normalized spacial score (nSPS) is 19.6. The molecule has 1 aliphatic rings. The van der Waals surface area contributed by atoms with Gasteiger partial charge in [0.1, 0.15) is 0 Å². The Morgan fingerprint density at radius 1 is 1.24 bits per heavy atom. The van der Waals surface area contributed by atoms with Crippen LogP contribution in [0.5, 0.6) is 0 Å². The molecular formula is C15H20N2. The highest BCUT2D eigenvalue weighted by molar-refractivity contribution is 5.79. The number of rotatable bonds is 3. The standard InChI is InChI=1S/C15H20N2/c1-4-13-14(12-8-6-5-7-9-12)15(11(2)3)17-10-16-13/h5-11,15H,4H2,1-3H3,(H,16,17). The van der Waals surface area contributed by atoms with E-state index >= 15 is 0 Å². The lowest BCUT2D eigenvalue weighted by Gasteiger charge is -2.27. The fourth-order valence-corrected chi connectivity index (χ4v) is 2.29. The maximum Gasteiger partial charge on any atom is 0.0873 e. The third kappa shape index (κ3) is 2.41. The van der Waals surface area contributed by atoms with E-state index in [4.69, 9.17) is 0 Å². The first-order valence-electron chi connectivity index (χ1n) is 6.30. The molecule has 1 heterocycles. The van der Waals surface area contributed by atoms with Crippen molar-refractivity contribution in [3.63, 3.8) is 0 Å². The smallest absolute Gasteiger partial charge is 0.0873 e. The third-order valence-electron chi connectivity index (χ3n) is 3.16. The molecule has 0 saturated heterocycles. The summed E-state index contributed by atoms with van der Waals surface area (Å²) in [6, 6.07) is 10.8. The molecule has 2 nitrogen and oxygen atoms in total. The van der Waals surface area contributed by atoms with Crippen LogP contribution in [-0.4, -0.2) is 12.4 Å². The van der Waals surface area contributed by atoms with E-state index in [-0.39, 0.29) is 6.04 Å². The average molecular weight is 228 g/mol. The van der Waals surface area contributed by atoms with Crippen LogP contribution in [0.3, 0.4) is 0 Å². The number of allylic oxidation sites excluding steroid dienone is 1. The average Bonchev–Trinajstić information content (AvgIpc) is 2.38. The van der Waals surface area contributed by atoms with Crippen molar-refractivity contribution in [2.45, 2.75) is 33.2 Å². The van der Waals surface area contributed by atoms with Crippen LogP contribution < -0.4 is 5.32 Å². The molecule has 2 rings (SSSR count). The van der Waals surface area contributed by atoms with Gasteiger partial charge >= 0.3 is 0 Å². The first kappa shape index (κ1) is 11.9. The monoisotopic (exact) mass is 228 g/mol. The highest BCUT2D eigenvalue weighted by Crippen LogP contribution is 2.30. The molecule has 0 fully saturated rings. The number of hydrogen-bond acceptors (Lipinski definition) is 2. The van der Waals surface area contributed by atoms with E-state index in [1.165, 1.54) is 16.8 Å². The van der Waals surface area contributed by atoms with E-state index in [0.717, 1.165) is 6.42 Å². The van der Waals surface area contributed by atoms with Crippen LogP contribution in [0.4, 0.5) is 0 Å². The number of nitrogens with zero attached hydrogens (tertiary/aromatic N) is 1. The molecule has 1 atom stereocenters. The van der Waals surface area contributed by atoms with Gasteiger partial charge in [0, 0.05) is 11.3 Å². The topological polar surface area (TPSA) is 24.4 Å². The molecule has 0 aromatic heterocycles. The van der Waals surface area contributed by atoms with E-state index in [1.54, 1.807) is 0 Å². The molecule has 90 valence electrons. The molecule has 0 saturated carbocycles. The van der Waals surface area contributed by atoms with Gasteiger partial charge in [-0.1, -0.05) is 51.1 Å². The van der Waals surface area contributed by atoms with E-state index in [1.807, 2.05) is 6.34 Å². The van der Waals surface area contributed by atoms with Crippen molar-refractivity contribution in [2.75, 3.05) is 0 Å². The Balaban J connectivity index is 2.47. The van der Waals surface area contributed by atoms with Crippen LogP contribution >= 0.6 is 0 Å². The Bertz CT molecular complexity index is 429. The summed E-state index contributed by atoms with van der Waals surface area (Å²) in [6.07, 6.45) is 2.86. The number of aliphatic imine (C=N–C) groups is 1. The molecule has 2 heteroatoms. The predicted octanol–water partition coefficient (Wildman–Crippen LogP) is 3.46. The van der Waals surface area contributed by atoms with Crippen molar-refractivity contribution in [1.29, 1.82) is 0 Å². The number of hydrogen-bond donors (Lipinski definition) is 1. The van der Waals surface area contributed by atoms with Gasteiger partial charge in [0.2, 0.25) is 0 Å². The van der Waals surface area contributed by atoms with Crippen LogP contribution in [0.1, 0.15) is 32.8 Å². The first-order valence-corrected chi connectivity index (χ1v) is 6.30. The van der Waals surface area contributed by atoms with E-state index in [2.05, 4.69) is 61.4 Å². The van der Waals surface area contributed by atoms with Gasteiger partial charge in [-0.15, -0.1) is 0 Å². The highest BCUT2D eigenvalue weighted by atomic mass is 15.0. The molecule has 1 aliphatic heterocycles. The second-order valence-corrected chi connectivity index (χ2v) is 4.72. The van der Waals surface area contributed by atoms with E-state index in [9.17, 15) is 0 Å². The summed E-state index contributed by atoms with van der Waals surface area (Å²) in [5.74, 6) is 0.519. The van der Waals surface area contributed by atoms with Gasteiger partial charge in [0.25, 0.3) is 0 Å². The quantitative estimate of drug-likeness (QED) is 0.841. The maximum absolute atomic E-state index is 4.59. The van der Waals surface area contributed by atoms with Crippen LogP contribution in [-0.2, 0) is 0 Å². The lowest BCUT2D eigenvalue weighted by atomic mass is 9.88. The predicted molar refractivity (Wildman–Crippen MR) is 73.9 cm³/mol. The fraction of sp³-hybridized carbons (Fsp3) is 0.400. The fourth-order valence-electron chi connectivity index (χ4n) is 2.29. The molecule has 1 aromatic rings. The van der Waals surface area contributed by atoms with Crippen molar-refractivity contribution in [3.8, 4) is 0 Å². The largest absolute Gasteiger partial charge is 0.350 e. The zero-order valence-corrected chi connectivity index (χ0v) is 10.8. The summed E-state index contributed by atoms with van der Waals surface area (Å²) in [5, 5.41) is 3.29. The summed E-state index contributed by atoms with van der Waals surface area (Å²) in [5.41, 5.74) is 3.93. The van der Waals surface area contributed by atoms with Crippen molar-refractivity contribution in [1.82, 2.24) is 5.32 Å². The molecule has 0 amide bonds. The molecular weight excluding hydrogens is 208 g/mol. The van der Waals surface area contributed by atoms with Crippen molar-refractivity contribution in [3.05, 3.63) is 41.6 Å². The minimum atomic E-state index is 0.272. The van der Waals surface area contributed by atoms with Gasteiger partial charge < -0.3 is 5.32 Å². The van der Waals surface area contributed by atoms with Crippen LogP contribution in [0, 0.1) is 5.92 Å². The Hall–Kier alpha value is -1.57. The summed E-state index contributed by atoms with van der Waals surface area (Å²) in [6.45, 7) is 6.63. The Morgan fingerprint density at radius 2 is 1.94 bits per heavy atom. The Labute approximate surface area is 103 Å². The molecule has 1 aromatic carbocycles. The highest BCUT2D eigenvalue weighted by Gasteiger charge is 2.23. The van der Waals surface area contributed by atoms with Gasteiger partial charge in [-0.3, -0.25) is 4.99 Å². The third-order valence-corrected chi connectivity index (χ3v) is 3.16. The van der Waals surface area contributed by atoms with Gasteiger partial charge in [-0.05, 0) is 17.9 Å². The summed E-state index contributed by atoms with van der Waals surface area (Å²) >= 11 is 0. The van der Waals surface area contributed by atoms with Crippen molar-refractivity contribution < 1.29 is 0 Å². The van der Waals surface area contributed by atoms with E-state index < -0.39 is 0 Å². The molecule has 1 unspecified atom stereocenters. The van der Waals surface area contributed by atoms with Crippen molar-refractivity contribution >= 4 is 11.9 Å². The summed E-state index contributed by atoms with van der Waals surface area (Å²) < 4.78 is 0. The minimum absolute atomic E-state index is 0.272. The summed E-state index contributed by atoms with van der Waals surface area (Å²) in [7, 11) is 0. The van der Waals surface area contributed by atoms with E-state index in [0.29, 0.717) is 5.92 Å². The van der Waals surface area contributed by atoms with Gasteiger partial charge in [0.05, 0.1) is 12.4 Å². The SMILES string of the molecule is CCC1=C(c2ccccc2)C(C(C)C)N=CN1. The molecule has 1 N–H and O–H groups in total. The van der Waals surface area contributed by atoms with Crippen molar-refractivity contribution in [2.24, 2.45) is 10.9 Å². The molecule has 0 aliphatic carbocycles. The summed E-state index contributed by atoms with van der Waals surface area (Å²) in [4.78, 5) is 4.59. The second kappa shape index (κ2) is 5.17. The van der Waals surface area contributed by atoms with Crippen LogP contribution in [0.15, 0.2) is 41.0 Å². The minimum Gasteiger partial charge on any atom is -0.350 e.